The third-order valence-corrected chi connectivity index (χ3v) is 8.01. The highest BCUT2D eigenvalue weighted by Gasteiger charge is 2.37. The second-order valence-electron chi connectivity index (χ2n) is 12.9. The van der Waals surface area contributed by atoms with Crippen LogP contribution in [0.2, 0.25) is 0 Å². The van der Waals surface area contributed by atoms with Gasteiger partial charge >= 0.3 is 0 Å². The van der Waals surface area contributed by atoms with Gasteiger partial charge < -0.3 is 0 Å². The van der Waals surface area contributed by atoms with Gasteiger partial charge in [0.2, 0.25) is 0 Å². The average Bonchev–Trinajstić information content (AvgIpc) is 2.59. The highest BCUT2D eigenvalue weighted by atomic mass is 15.3. The first-order valence-electron chi connectivity index (χ1n) is 11.9. The van der Waals surface area contributed by atoms with Gasteiger partial charge in [0, 0.05) is 42.8 Å². The molecule has 2 fully saturated rings. The molecule has 0 aromatic rings. The lowest BCUT2D eigenvalue weighted by Gasteiger charge is -2.50. The average molecular weight is 394 g/mol. The van der Waals surface area contributed by atoms with Crippen LogP contribution >= 0.6 is 0 Å². The van der Waals surface area contributed by atoms with E-state index in [2.05, 4.69) is 83.9 Å². The molecule has 0 unspecified atom stereocenters. The molecule has 2 saturated heterocycles. The maximum absolute atomic E-state index is 2.78. The molecule has 0 N–H and O–H groups in total. The molecule has 0 spiro atoms. The molecule has 3 heteroatoms. The topological polar surface area (TPSA) is 9.72 Å². The first kappa shape index (κ1) is 24.2. The van der Waals surface area contributed by atoms with E-state index in [0.29, 0.717) is 22.0 Å². The summed E-state index contributed by atoms with van der Waals surface area (Å²) < 4.78 is 0. The lowest BCUT2D eigenvalue weighted by atomic mass is 9.74. The van der Waals surface area contributed by atoms with Gasteiger partial charge in [0.05, 0.1) is 0 Å². The van der Waals surface area contributed by atoms with Crippen LogP contribution in [-0.2, 0) is 0 Å². The van der Waals surface area contributed by atoms with Crippen LogP contribution in [0.3, 0.4) is 0 Å². The van der Waals surface area contributed by atoms with Crippen molar-refractivity contribution in [3.8, 4) is 0 Å². The molecular weight excluding hydrogens is 342 g/mol. The molecule has 2 aliphatic rings. The largest absolute Gasteiger partial charge is 0.298 e. The van der Waals surface area contributed by atoms with Gasteiger partial charge in [0.25, 0.3) is 0 Å². The number of piperidine rings is 1. The quantitative estimate of drug-likeness (QED) is 0.611. The number of likely N-dealkylation sites (tertiary alicyclic amines) is 1. The minimum absolute atomic E-state index is 0.297. The minimum atomic E-state index is 0.297. The van der Waals surface area contributed by atoms with Crippen molar-refractivity contribution >= 4 is 0 Å². The number of rotatable bonds is 5. The zero-order valence-electron chi connectivity index (χ0n) is 21.0. The van der Waals surface area contributed by atoms with Crippen LogP contribution in [0.1, 0.15) is 94.9 Å². The van der Waals surface area contributed by atoms with Crippen LogP contribution in [0.4, 0.5) is 0 Å². The van der Waals surface area contributed by atoms with E-state index in [1.165, 1.54) is 65.0 Å². The van der Waals surface area contributed by atoms with Crippen molar-refractivity contribution in [1.82, 2.24) is 14.7 Å². The van der Waals surface area contributed by atoms with Gasteiger partial charge in [-0.05, 0) is 98.6 Å². The summed E-state index contributed by atoms with van der Waals surface area (Å²) in [4.78, 5) is 8.17. The predicted octanol–water partition coefficient (Wildman–Crippen LogP) is 5.50. The lowest BCUT2D eigenvalue weighted by molar-refractivity contribution is -0.00329. The van der Waals surface area contributed by atoms with Crippen molar-refractivity contribution in [3.05, 3.63) is 0 Å². The van der Waals surface area contributed by atoms with Gasteiger partial charge in [0.1, 0.15) is 0 Å². The van der Waals surface area contributed by atoms with Gasteiger partial charge in [0.15, 0.2) is 0 Å². The molecule has 28 heavy (non-hydrogen) atoms. The fraction of sp³-hybridized carbons (Fsp3) is 1.00. The Labute approximate surface area is 177 Å². The van der Waals surface area contributed by atoms with E-state index in [1.54, 1.807) is 0 Å². The summed E-state index contributed by atoms with van der Waals surface area (Å²) in [5.74, 6) is 0.884. The van der Waals surface area contributed by atoms with Gasteiger partial charge in [-0.1, -0.05) is 20.8 Å². The normalized spacial score (nSPS) is 23.4. The third-order valence-electron chi connectivity index (χ3n) is 8.01. The Balaban J connectivity index is 1.85. The summed E-state index contributed by atoms with van der Waals surface area (Å²) in [5.41, 5.74) is 1.38. The summed E-state index contributed by atoms with van der Waals surface area (Å²) in [6.45, 7) is 31.6. The predicted molar refractivity (Wildman–Crippen MR) is 124 cm³/mol. The number of piperazine rings is 1. The summed E-state index contributed by atoms with van der Waals surface area (Å²) in [6.07, 6.45) is 5.31. The molecule has 0 saturated carbocycles. The van der Waals surface area contributed by atoms with Crippen molar-refractivity contribution in [2.24, 2.45) is 11.3 Å². The van der Waals surface area contributed by atoms with Gasteiger partial charge in [-0.3, -0.25) is 14.7 Å². The van der Waals surface area contributed by atoms with E-state index in [1.807, 2.05) is 0 Å². The highest BCUT2D eigenvalue weighted by Crippen LogP contribution is 2.37. The molecule has 0 aromatic carbocycles. The van der Waals surface area contributed by atoms with E-state index >= 15 is 0 Å². The minimum Gasteiger partial charge on any atom is -0.298 e. The van der Waals surface area contributed by atoms with E-state index in [4.69, 9.17) is 0 Å². The second kappa shape index (κ2) is 8.55. The molecule has 0 atom stereocenters. The molecule has 0 aliphatic carbocycles. The van der Waals surface area contributed by atoms with Crippen LogP contribution in [0.15, 0.2) is 0 Å². The molecule has 166 valence electrons. The molecule has 0 radical (unpaired) electrons. The monoisotopic (exact) mass is 393 g/mol. The molecular formula is C25H51N3. The molecule has 3 nitrogen and oxygen atoms in total. The Hall–Kier alpha value is -0.120. The highest BCUT2D eigenvalue weighted by molar-refractivity contribution is 4.93. The van der Waals surface area contributed by atoms with E-state index in [0.717, 1.165) is 5.92 Å². The standard InChI is InChI=1S/C25H51N3/c1-22(2,3)21-11-15-27(16-12-21)24(7,8)13-14-25(9,10)28-19-17-26(18-20-28)23(4,5)6/h21H,11-20H2,1-10H3. The second-order valence-corrected chi connectivity index (χ2v) is 12.9. The van der Waals surface area contributed by atoms with Gasteiger partial charge in [-0.15, -0.1) is 0 Å². The number of nitrogens with zero attached hydrogens (tertiary/aromatic N) is 3. The molecule has 2 rings (SSSR count). The van der Waals surface area contributed by atoms with Crippen molar-refractivity contribution in [2.75, 3.05) is 39.3 Å². The summed E-state index contributed by atoms with van der Waals surface area (Å²) in [5, 5.41) is 0. The maximum atomic E-state index is 2.78. The summed E-state index contributed by atoms with van der Waals surface area (Å²) >= 11 is 0. The first-order valence-corrected chi connectivity index (χ1v) is 11.9. The summed E-state index contributed by atoms with van der Waals surface area (Å²) in [6, 6.07) is 0. The van der Waals surface area contributed by atoms with Crippen LogP contribution in [0.25, 0.3) is 0 Å². The lowest BCUT2D eigenvalue weighted by Crippen LogP contribution is -2.59. The third kappa shape index (κ3) is 6.19. The first-order chi connectivity index (χ1) is 12.6. The maximum Gasteiger partial charge on any atom is 0.0155 e. The Morgan fingerprint density at radius 3 is 1.25 bits per heavy atom. The zero-order valence-corrected chi connectivity index (χ0v) is 21.0. The molecule has 0 bridgehead atoms. The number of hydrogen-bond acceptors (Lipinski definition) is 3. The van der Waals surface area contributed by atoms with Crippen molar-refractivity contribution < 1.29 is 0 Å². The van der Waals surface area contributed by atoms with Crippen LogP contribution < -0.4 is 0 Å². The van der Waals surface area contributed by atoms with Crippen LogP contribution in [0.5, 0.6) is 0 Å². The van der Waals surface area contributed by atoms with E-state index < -0.39 is 0 Å². The van der Waals surface area contributed by atoms with Gasteiger partial charge in [-0.25, -0.2) is 0 Å². The molecule has 0 amide bonds. The summed E-state index contributed by atoms with van der Waals surface area (Å²) in [7, 11) is 0. The van der Waals surface area contributed by atoms with Crippen molar-refractivity contribution in [1.29, 1.82) is 0 Å². The van der Waals surface area contributed by atoms with Gasteiger partial charge in [-0.2, -0.15) is 0 Å². The van der Waals surface area contributed by atoms with E-state index in [-0.39, 0.29) is 0 Å². The zero-order chi connectivity index (χ0) is 21.4. The van der Waals surface area contributed by atoms with Crippen molar-refractivity contribution in [2.45, 2.75) is 112 Å². The molecule has 2 aliphatic heterocycles. The Morgan fingerprint density at radius 2 is 0.893 bits per heavy atom. The Kier molecular flexibility index (Phi) is 7.38. The van der Waals surface area contributed by atoms with Crippen molar-refractivity contribution in [3.63, 3.8) is 0 Å². The molecule has 2 heterocycles. The Morgan fingerprint density at radius 1 is 0.536 bits per heavy atom. The van der Waals surface area contributed by atoms with E-state index in [9.17, 15) is 0 Å². The fourth-order valence-electron chi connectivity index (χ4n) is 5.26. The van der Waals surface area contributed by atoms with Crippen LogP contribution in [-0.4, -0.2) is 70.6 Å². The van der Waals surface area contributed by atoms with Crippen LogP contribution in [0, 0.1) is 11.3 Å². The Bertz CT molecular complexity index is 433. The number of hydrogen-bond donors (Lipinski definition) is 0. The smallest absolute Gasteiger partial charge is 0.0155 e. The SMILES string of the molecule is CC(C)(C)C1CCN(C(C)(C)CCC(C)(C)N2CCN(C(C)(C)C)CC2)CC1. The molecule has 0 aromatic heterocycles. The fourth-order valence-corrected chi connectivity index (χ4v) is 5.26.